The minimum Gasteiger partial charge on any atom is -0.419 e. The van der Waals surface area contributed by atoms with Gasteiger partial charge < -0.3 is 15.0 Å². The fourth-order valence-electron chi connectivity index (χ4n) is 3.48. The van der Waals surface area contributed by atoms with Gasteiger partial charge in [-0.25, -0.2) is 9.37 Å². The van der Waals surface area contributed by atoms with E-state index in [0.717, 1.165) is 13.0 Å². The number of nitrogens with one attached hydrogen (secondary N) is 3. The number of ether oxygens (including phenoxy) is 1. The number of carbonyl (C=O) groups is 1. The van der Waals surface area contributed by atoms with E-state index in [0.29, 0.717) is 36.5 Å². The molecule has 2 heterocycles. The molecule has 168 valence electrons. The van der Waals surface area contributed by atoms with Crippen LogP contribution in [0, 0.1) is 16.6 Å². The molecule has 0 radical (unpaired) electrons. The Bertz CT molecular complexity index is 1180. The zero-order valence-corrected chi connectivity index (χ0v) is 17.8. The molecule has 3 aromatic rings. The largest absolute Gasteiger partial charge is 0.419 e. The lowest BCUT2D eigenvalue weighted by Crippen LogP contribution is -2.34. The van der Waals surface area contributed by atoms with Crippen LogP contribution in [-0.2, 0) is 4.74 Å². The molecule has 9 heteroatoms. The summed E-state index contributed by atoms with van der Waals surface area (Å²) in [6.45, 7) is 2.64. The quantitative estimate of drug-likeness (QED) is 0.421. The van der Waals surface area contributed by atoms with Crippen molar-refractivity contribution in [1.82, 2.24) is 20.2 Å². The van der Waals surface area contributed by atoms with Gasteiger partial charge in [0.2, 0.25) is 11.8 Å². The predicted molar refractivity (Wildman–Crippen MR) is 122 cm³/mol. The van der Waals surface area contributed by atoms with Gasteiger partial charge in [-0.3, -0.25) is 20.6 Å². The normalized spacial score (nSPS) is 13.8. The number of benzene rings is 2. The molecular weight excluding hydrogens is 423 g/mol. The predicted octanol–water partition coefficient (Wildman–Crippen LogP) is 3.09. The van der Waals surface area contributed by atoms with Crippen LogP contribution in [0.15, 0.2) is 60.9 Å². The van der Waals surface area contributed by atoms with Crippen molar-refractivity contribution in [2.75, 3.05) is 26.2 Å². The summed E-state index contributed by atoms with van der Waals surface area (Å²) in [6, 6.07) is 13.1. The summed E-state index contributed by atoms with van der Waals surface area (Å²) in [7, 11) is 0. The topological polar surface area (TPSA) is 115 Å². The average molecular weight is 446 g/mol. The van der Waals surface area contributed by atoms with Crippen molar-refractivity contribution in [3.05, 3.63) is 83.6 Å². The SMILES string of the molecule is N=C(OC(=N)c1cncc(-c2ccc(C(=O)N3CCCNCC3)c(F)c2)n1)c1ccccc1. The van der Waals surface area contributed by atoms with Crippen LogP contribution in [0.5, 0.6) is 0 Å². The number of hydrogen-bond acceptors (Lipinski definition) is 7. The van der Waals surface area contributed by atoms with Gasteiger partial charge in [-0.2, -0.15) is 0 Å². The van der Waals surface area contributed by atoms with E-state index in [2.05, 4.69) is 15.3 Å². The summed E-state index contributed by atoms with van der Waals surface area (Å²) in [5.41, 5.74) is 1.38. The van der Waals surface area contributed by atoms with Crippen LogP contribution in [0.4, 0.5) is 4.39 Å². The van der Waals surface area contributed by atoms with E-state index in [1.54, 1.807) is 35.2 Å². The summed E-state index contributed by atoms with van der Waals surface area (Å²) in [6.07, 6.45) is 3.60. The molecule has 2 aromatic carbocycles. The number of halogens is 1. The van der Waals surface area contributed by atoms with Gasteiger partial charge in [0.15, 0.2) is 0 Å². The molecule has 0 saturated carbocycles. The minimum atomic E-state index is -0.640. The molecule has 1 aliphatic heterocycles. The summed E-state index contributed by atoms with van der Waals surface area (Å²) >= 11 is 0. The number of carbonyl (C=O) groups excluding carboxylic acids is 1. The van der Waals surface area contributed by atoms with Gasteiger partial charge in [-0.1, -0.05) is 24.3 Å². The van der Waals surface area contributed by atoms with Crippen molar-refractivity contribution in [3.8, 4) is 11.3 Å². The Labute approximate surface area is 190 Å². The molecule has 8 nitrogen and oxygen atoms in total. The molecule has 0 spiro atoms. The molecule has 4 rings (SSSR count). The number of amides is 1. The molecule has 0 atom stereocenters. The highest BCUT2D eigenvalue weighted by Gasteiger charge is 2.21. The van der Waals surface area contributed by atoms with Gasteiger partial charge in [0.25, 0.3) is 5.91 Å². The lowest BCUT2D eigenvalue weighted by atomic mass is 10.1. The van der Waals surface area contributed by atoms with Crippen LogP contribution in [0.25, 0.3) is 11.3 Å². The summed E-state index contributed by atoms with van der Waals surface area (Å²) < 4.78 is 20.2. The molecule has 1 aromatic heterocycles. The lowest BCUT2D eigenvalue weighted by molar-refractivity contribution is 0.0761. The maximum absolute atomic E-state index is 14.9. The summed E-state index contributed by atoms with van der Waals surface area (Å²) in [4.78, 5) is 22.8. The highest BCUT2D eigenvalue weighted by molar-refractivity contribution is 6.04. The van der Waals surface area contributed by atoms with E-state index in [9.17, 15) is 9.18 Å². The van der Waals surface area contributed by atoms with Crippen LogP contribution in [-0.4, -0.2) is 58.7 Å². The Balaban J connectivity index is 1.51. The first kappa shape index (κ1) is 22.2. The Hall–Kier alpha value is -3.98. The molecule has 33 heavy (non-hydrogen) atoms. The fraction of sp³-hybridized carbons (Fsp3) is 0.208. The Morgan fingerprint density at radius 1 is 1.03 bits per heavy atom. The number of nitrogens with zero attached hydrogens (tertiary/aromatic N) is 3. The first-order chi connectivity index (χ1) is 16.0. The van der Waals surface area contributed by atoms with Gasteiger partial charge in [0.1, 0.15) is 11.5 Å². The van der Waals surface area contributed by atoms with Crippen molar-refractivity contribution >= 4 is 17.7 Å². The molecule has 3 N–H and O–H groups in total. The van der Waals surface area contributed by atoms with Gasteiger partial charge in [-0.15, -0.1) is 0 Å². The second-order valence-electron chi connectivity index (χ2n) is 7.51. The van der Waals surface area contributed by atoms with E-state index in [4.69, 9.17) is 15.6 Å². The van der Waals surface area contributed by atoms with Crippen LogP contribution in [0.1, 0.15) is 28.0 Å². The lowest BCUT2D eigenvalue weighted by Gasteiger charge is -2.20. The summed E-state index contributed by atoms with van der Waals surface area (Å²) in [5.74, 6) is -1.51. The fourth-order valence-corrected chi connectivity index (χ4v) is 3.48. The zero-order valence-electron chi connectivity index (χ0n) is 17.8. The van der Waals surface area contributed by atoms with Gasteiger partial charge in [-0.05, 0) is 37.2 Å². The molecule has 1 saturated heterocycles. The second-order valence-corrected chi connectivity index (χ2v) is 7.51. The van der Waals surface area contributed by atoms with Gasteiger partial charge in [0.05, 0.1) is 23.7 Å². The molecule has 0 unspecified atom stereocenters. The maximum Gasteiger partial charge on any atom is 0.256 e. The average Bonchev–Trinajstić information content (AvgIpc) is 3.14. The van der Waals surface area contributed by atoms with Gasteiger partial charge >= 0.3 is 0 Å². The molecular formula is C24H23FN6O2. The van der Waals surface area contributed by atoms with E-state index >= 15 is 0 Å². The van der Waals surface area contributed by atoms with Crippen molar-refractivity contribution in [3.63, 3.8) is 0 Å². The third kappa shape index (κ3) is 5.27. The number of rotatable bonds is 4. The van der Waals surface area contributed by atoms with E-state index in [1.165, 1.54) is 24.5 Å². The standard InChI is InChI=1S/C24H23FN6O2/c25-19-13-17(7-8-18(19)24(32)31-11-4-9-28-10-12-31)20-14-29-15-21(30-20)23(27)33-22(26)16-5-2-1-3-6-16/h1-3,5-8,13-15,26-28H,4,9-12H2. The smallest absolute Gasteiger partial charge is 0.256 e. The molecule has 1 aliphatic rings. The monoisotopic (exact) mass is 446 g/mol. The highest BCUT2D eigenvalue weighted by atomic mass is 19.1. The van der Waals surface area contributed by atoms with E-state index < -0.39 is 5.82 Å². The van der Waals surface area contributed by atoms with Crippen molar-refractivity contribution in [2.24, 2.45) is 0 Å². The summed E-state index contributed by atoms with van der Waals surface area (Å²) in [5, 5.41) is 19.4. The molecule has 0 aliphatic carbocycles. The number of hydrogen-bond donors (Lipinski definition) is 3. The molecule has 0 bridgehead atoms. The second kappa shape index (κ2) is 10.1. The third-order valence-corrected chi connectivity index (χ3v) is 5.23. The van der Waals surface area contributed by atoms with Crippen LogP contribution >= 0.6 is 0 Å². The van der Waals surface area contributed by atoms with Crippen molar-refractivity contribution < 1.29 is 13.9 Å². The van der Waals surface area contributed by atoms with Crippen LogP contribution in [0.3, 0.4) is 0 Å². The molecule has 1 amide bonds. The van der Waals surface area contributed by atoms with Crippen molar-refractivity contribution in [2.45, 2.75) is 6.42 Å². The Morgan fingerprint density at radius 3 is 2.64 bits per heavy atom. The first-order valence-corrected chi connectivity index (χ1v) is 10.6. The Kier molecular flexibility index (Phi) is 6.80. The zero-order chi connectivity index (χ0) is 23.2. The minimum absolute atomic E-state index is 0.0112. The first-order valence-electron chi connectivity index (χ1n) is 10.6. The maximum atomic E-state index is 14.9. The van der Waals surface area contributed by atoms with E-state index in [1.807, 2.05) is 6.07 Å². The van der Waals surface area contributed by atoms with E-state index in [-0.39, 0.29) is 29.0 Å². The number of aromatic nitrogens is 2. The van der Waals surface area contributed by atoms with Crippen molar-refractivity contribution in [1.29, 1.82) is 10.8 Å². The van der Waals surface area contributed by atoms with Gasteiger partial charge in [0, 0.05) is 30.8 Å². The molecule has 1 fully saturated rings. The van der Waals surface area contributed by atoms with Crippen LogP contribution in [0.2, 0.25) is 0 Å². The highest BCUT2D eigenvalue weighted by Crippen LogP contribution is 2.21. The third-order valence-electron chi connectivity index (χ3n) is 5.23. The van der Waals surface area contributed by atoms with Crippen LogP contribution < -0.4 is 5.32 Å². The Morgan fingerprint density at radius 2 is 1.85 bits per heavy atom.